The summed E-state index contributed by atoms with van der Waals surface area (Å²) in [4.78, 5) is 29.8. The summed E-state index contributed by atoms with van der Waals surface area (Å²) in [5.41, 5.74) is 0.630. The Balaban J connectivity index is 1.38. The number of amides is 2. The van der Waals surface area contributed by atoms with Crippen molar-refractivity contribution < 1.29 is 32.6 Å². The molecule has 1 aliphatic rings. The highest BCUT2D eigenvalue weighted by Gasteiger charge is 2.35. The molecule has 0 spiro atoms. The number of aromatic nitrogens is 4. The molecule has 0 bridgehead atoms. The molecule has 40 heavy (non-hydrogen) atoms. The Morgan fingerprint density at radius 2 is 1.95 bits per heavy atom. The fraction of sp³-hybridized carbons (Fsp3) is 0.370. The predicted molar refractivity (Wildman–Crippen MR) is 139 cm³/mol. The Hall–Kier alpha value is -4.65. The highest BCUT2D eigenvalue weighted by Crippen LogP contribution is 2.31. The van der Waals surface area contributed by atoms with Gasteiger partial charge in [-0.3, -0.25) is 9.59 Å². The van der Waals surface area contributed by atoms with Crippen molar-refractivity contribution in [2.75, 3.05) is 27.4 Å². The lowest BCUT2D eigenvalue weighted by atomic mass is 10.1. The van der Waals surface area contributed by atoms with Crippen LogP contribution in [0.1, 0.15) is 30.4 Å². The minimum Gasteiger partial charge on any atom is -0.493 e. The Kier molecular flexibility index (Phi) is 8.40. The van der Waals surface area contributed by atoms with Gasteiger partial charge in [-0.1, -0.05) is 0 Å². The highest BCUT2D eigenvalue weighted by molar-refractivity contribution is 5.88. The Morgan fingerprint density at radius 3 is 2.65 bits per heavy atom. The van der Waals surface area contributed by atoms with Crippen LogP contribution in [-0.4, -0.2) is 70.4 Å². The van der Waals surface area contributed by atoms with Gasteiger partial charge in [-0.2, -0.15) is 4.80 Å². The lowest BCUT2D eigenvalue weighted by Gasteiger charge is -2.29. The molecule has 1 saturated heterocycles. The van der Waals surface area contributed by atoms with Crippen LogP contribution in [0.3, 0.4) is 0 Å². The van der Waals surface area contributed by atoms with E-state index in [0.29, 0.717) is 47.6 Å². The third-order valence-electron chi connectivity index (χ3n) is 6.50. The topological polar surface area (TPSA) is 147 Å². The maximum absolute atomic E-state index is 13.7. The molecule has 2 atom stereocenters. The number of carbonyl (C=O) groups excluding carboxylic acids is 2. The maximum Gasteiger partial charge on any atom is 0.250 e. The molecule has 4 aromatic rings. The van der Waals surface area contributed by atoms with Gasteiger partial charge in [0.1, 0.15) is 18.1 Å². The lowest BCUT2D eigenvalue weighted by Crippen LogP contribution is -2.46. The van der Waals surface area contributed by atoms with E-state index in [9.17, 15) is 9.59 Å². The summed E-state index contributed by atoms with van der Waals surface area (Å²) in [5.74, 6) is 1.32. The zero-order valence-corrected chi connectivity index (χ0v) is 22.2. The summed E-state index contributed by atoms with van der Waals surface area (Å²) in [6.45, 7) is 0.735. The van der Waals surface area contributed by atoms with Crippen molar-refractivity contribution in [3.05, 3.63) is 66.5 Å². The number of carbonyl (C=O) groups is 2. The first-order chi connectivity index (χ1) is 19.6. The molecule has 1 aliphatic heterocycles. The van der Waals surface area contributed by atoms with Crippen LogP contribution in [0.4, 0.5) is 0 Å². The summed E-state index contributed by atoms with van der Waals surface area (Å²) < 4.78 is 27.4. The minimum absolute atomic E-state index is 0.0157. The summed E-state index contributed by atoms with van der Waals surface area (Å²) in [6, 6.07) is 10.9. The van der Waals surface area contributed by atoms with Crippen LogP contribution in [0, 0.1) is 0 Å². The number of furan rings is 2. The molecule has 210 valence electrons. The van der Waals surface area contributed by atoms with Gasteiger partial charge < -0.3 is 33.3 Å². The van der Waals surface area contributed by atoms with Crippen LogP contribution in [0.2, 0.25) is 0 Å². The largest absolute Gasteiger partial charge is 0.493 e. The average molecular weight is 551 g/mol. The molecule has 2 unspecified atom stereocenters. The molecule has 13 nitrogen and oxygen atoms in total. The van der Waals surface area contributed by atoms with Crippen LogP contribution in [-0.2, 0) is 27.4 Å². The number of hydrogen-bond donors (Lipinski definition) is 1. The van der Waals surface area contributed by atoms with Crippen molar-refractivity contribution in [1.82, 2.24) is 30.4 Å². The van der Waals surface area contributed by atoms with Crippen molar-refractivity contribution in [3.63, 3.8) is 0 Å². The lowest BCUT2D eigenvalue weighted by molar-refractivity contribution is -0.143. The molecular formula is C27H30N6O7. The minimum atomic E-state index is -1.07. The monoisotopic (exact) mass is 550 g/mol. The molecule has 2 amide bonds. The van der Waals surface area contributed by atoms with E-state index in [4.69, 9.17) is 23.0 Å². The molecule has 0 radical (unpaired) electrons. The van der Waals surface area contributed by atoms with Gasteiger partial charge in [-0.25, -0.2) is 0 Å². The summed E-state index contributed by atoms with van der Waals surface area (Å²) in [7, 11) is 3.08. The Morgan fingerprint density at radius 1 is 1.12 bits per heavy atom. The van der Waals surface area contributed by atoms with E-state index in [1.54, 1.807) is 49.6 Å². The standard InChI is InChI=1S/C27H30N6O7/c1-36-21-10-9-18(14-23(21)37-2)26-29-31-33(30-26)17-24(34)32(16-20-7-4-12-39-20)25(22-8-5-13-40-22)27(35)28-15-19-6-3-11-38-19/h4-5,7-10,12-14,19,25H,3,6,11,15-17H2,1-2H3,(H,28,35). The molecule has 1 aromatic carbocycles. The van der Waals surface area contributed by atoms with E-state index in [1.807, 2.05) is 0 Å². The van der Waals surface area contributed by atoms with E-state index in [2.05, 4.69) is 20.7 Å². The average Bonchev–Trinajstić information content (AvgIpc) is 3.80. The second kappa shape index (κ2) is 12.5. The second-order valence-corrected chi connectivity index (χ2v) is 9.11. The van der Waals surface area contributed by atoms with Gasteiger partial charge in [0.25, 0.3) is 5.91 Å². The highest BCUT2D eigenvalue weighted by atomic mass is 16.5. The molecule has 5 rings (SSSR count). The normalized spacial score (nSPS) is 15.5. The van der Waals surface area contributed by atoms with E-state index in [-0.39, 0.29) is 19.2 Å². The quantitative estimate of drug-likeness (QED) is 0.279. The number of tetrazole rings is 1. The zero-order valence-electron chi connectivity index (χ0n) is 22.2. The summed E-state index contributed by atoms with van der Waals surface area (Å²) in [6.07, 6.45) is 4.71. The van der Waals surface area contributed by atoms with Crippen molar-refractivity contribution in [1.29, 1.82) is 0 Å². The number of benzene rings is 1. The molecule has 13 heteroatoms. The first-order valence-corrected chi connectivity index (χ1v) is 12.8. The van der Waals surface area contributed by atoms with Crippen molar-refractivity contribution in [2.24, 2.45) is 0 Å². The van der Waals surface area contributed by atoms with Crippen LogP contribution < -0.4 is 14.8 Å². The fourth-order valence-electron chi connectivity index (χ4n) is 4.49. The summed E-state index contributed by atoms with van der Waals surface area (Å²) in [5, 5.41) is 15.4. The van der Waals surface area contributed by atoms with Gasteiger partial charge in [0.15, 0.2) is 17.5 Å². The van der Waals surface area contributed by atoms with Gasteiger partial charge in [-0.15, -0.1) is 10.2 Å². The molecule has 4 heterocycles. The smallest absolute Gasteiger partial charge is 0.250 e. The van der Waals surface area contributed by atoms with Crippen LogP contribution >= 0.6 is 0 Å². The number of methoxy groups -OCH3 is 2. The van der Waals surface area contributed by atoms with Crippen molar-refractivity contribution in [2.45, 2.75) is 38.1 Å². The van der Waals surface area contributed by atoms with Crippen LogP contribution in [0.25, 0.3) is 11.4 Å². The Bertz CT molecular complexity index is 1400. The van der Waals surface area contributed by atoms with Gasteiger partial charge in [0, 0.05) is 18.7 Å². The van der Waals surface area contributed by atoms with Gasteiger partial charge >= 0.3 is 0 Å². The molecule has 0 aliphatic carbocycles. The Labute approximate surface area is 230 Å². The van der Waals surface area contributed by atoms with Crippen molar-refractivity contribution >= 4 is 11.8 Å². The number of rotatable bonds is 12. The number of hydrogen-bond acceptors (Lipinski definition) is 10. The van der Waals surface area contributed by atoms with E-state index in [1.165, 1.54) is 29.3 Å². The van der Waals surface area contributed by atoms with Crippen molar-refractivity contribution in [3.8, 4) is 22.9 Å². The maximum atomic E-state index is 13.7. The number of nitrogens with zero attached hydrogens (tertiary/aromatic N) is 5. The molecule has 1 fully saturated rings. The van der Waals surface area contributed by atoms with Gasteiger partial charge in [0.05, 0.1) is 39.4 Å². The van der Waals surface area contributed by atoms with Crippen LogP contribution in [0.15, 0.2) is 63.8 Å². The summed E-state index contributed by atoms with van der Waals surface area (Å²) >= 11 is 0. The fourth-order valence-corrected chi connectivity index (χ4v) is 4.49. The number of ether oxygens (including phenoxy) is 3. The predicted octanol–water partition coefficient (Wildman–Crippen LogP) is 2.61. The molecule has 1 N–H and O–H groups in total. The van der Waals surface area contributed by atoms with Crippen LogP contribution in [0.5, 0.6) is 11.5 Å². The van der Waals surface area contributed by atoms with E-state index in [0.717, 1.165) is 12.8 Å². The van der Waals surface area contributed by atoms with Gasteiger partial charge in [0.2, 0.25) is 11.7 Å². The third-order valence-corrected chi connectivity index (χ3v) is 6.50. The zero-order chi connectivity index (χ0) is 27.9. The molecule has 3 aromatic heterocycles. The first kappa shape index (κ1) is 26.9. The second-order valence-electron chi connectivity index (χ2n) is 9.11. The molecule has 0 saturated carbocycles. The van der Waals surface area contributed by atoms with E-state index >= 15 is 0 Å². The van der Waals surface area contributed by atoms with Gasteiger partial charge in [-0.05, 0) is 60.5 Å². The molecular weight excluding hydrogens is 520 g/mol. The first-order valence-electron chi connectivity index (χ1n) is 12.8. The third kappa shape index (κ3) is 6.15. The van der Waals surface area contributed by atoms with E-state index < -0.39 is 17.9 Å². The number of nitrogens with one attached hydrogen (secondary N) is 1. The SMILES string of the molecule is COc1ccc(-c2nnn(CC(=O)N(Cc3ccco3)C(C(=O)NCC3CCCO3)c3ccco3)n2)cc1OC.